The number of aliphatic hydroxyl groups excluding tert-OH is 1. The molecule has 0 unspecified atom stereocenters. The van der Waals surface area contributed by atoms with Crippen LogP contribution in [0.25, 0.3) is 0 Å². The van der Waals surface area contributed by atoms with Crippen LogP contribution in [0, 0.1) is 5.92 Å². The number of carbonyl (C=O) groups is 1. The molecule has 0 aliphatic carbocycles. The Kier molecular flexibility index (Phi) is 5.67. The minimum Gasteiger partial charge on any atom is -0.469 e. The van der Waals surface area contributed by atoms with Crippen molar-refractivity contribution in [2.45, 2.75) is 6.10 Å². The molecule has 1 aliphatic heterocycles. The zero-order chi connectivity index (χ0) is 15.2. The first kappa shape index (κ1) is 15.9. The topological polar surface area (TPSA) is 65.9 Å². The van der Waals surface area contributed by atoms with Crippen molar-refractivity contribution in [3.8, 4) is 0 Å². The van der Waals surface area contributed by atoms with E-state index in [2.05, 4.69) is 21.8 Å². The molecule has 6 heteroatoms. The van der Waals surface area contributed by atoms with Crippen LogP contribution >= 0.6 is 0 Å². The van der Waals surface area contributed by atoms with E-state index in [1.54, 1.807) is 24.5 Å². The Labute approximate surface area is 125 Å². The van der Waals surface area contributed by atoms with Crippen LogP contribution in [0.3, 0.4) is 0 Å². The maximum absolute atomic E-state index is 12.0. The highest BCUT2D eigenvalue weighted by atomic mass is 16.5. The third-order valence-corrected chi connectivity index (χ3v) is 3.98. The quantitative estimate of drug-likeness (QED) is 0.780. The minimum atomic E-state index is -0.875. The van der Waals surface area contributed by atoms with Gasteiger partial charge >= 0.3 is 5.97 Å². The lowest BCUT2D eigenvalue weighted by molar-refractivity contribution is -0.150. The largest absolute Gasteiger partial charge is 0.469 e. The summed E-state index contributed by atoms with van der Waals surface area (Å²) in [4.78, 5) is 20.4. The summed E-state index contributed by atoms with van der Waals surface area (Å²) in [5, 5.41) is 10.5. The highest BCUT2D eigenvalue weighted by Gasteiger charge is 2.31. The van der Waals surface area contributed by atoms with Gasteiger partial charge in [-0.3, -0.25) is 14.7 Å². The van der Waals surface area contributed by atoms with E-state index in [1.165, 1.54) is 7.11 Å². The molecule has 1 fully saturated rings. The Hall–Kier alpha value is -1.50. The van der Waals surface area contributed by atoms with E-state index in [0.29, 0.717) is 12.1 Å². The molecule has 21 heavy (non-hydrogen) atoms. The van der Waals surface area contributed by atoms with Gasteiger partial charge in [0.2, 0.25) is 0 Å². The summed E-state index contributed by atoms with van der Waals surface area (Å²) in [5.74, 6) is -0.959. The zero-order valence-corrected chi connectivity index (χ0v) is 12.6. The molecule has 2 atom stereocenters. The fourth-order valence-electron chi connectivity index (χ4n) is 2.56. The van der Waals surface area contributed by atoms with Crippen molar-refractivity contribution in [1.29, 1.82) is 0 Å². The second-order valence-electron chi connectivity index (χ2n) is 5.46. The molecule has 1 saturated heterocycles. The van der Waals surface area contributed by atoms with Gasteiger partial charge in [0.05, 0.1) is 19.1 Å². The zero-order valence-electron chi connectivity index (χ0n) is 12.6. The Morgan fingerprint density at radius 1 is 1.33 bits per heavy atom. The van der Waals surface area contributed by atoms with Gasteiger partial charge in [-0.1, -0.05) is 0 Å². The van der Waals surface area contributed by atoms with Crippen molar-refractivity contribution in [2.24, 2.45) is 5.92 Å². The molecular formula is C15H23N3O3. The van der Waals surface area contributed by atoms with E-state index in [0.717, 1.165) is 26.2 Å². The van der Waals surface area contributed by atoms with E-state index in [4.69, 9.17) is 4.74 Å². The molecular weight excluding hydrogens is 270 g/mol. The Morgan fingerprint density at radius 3 is 2.52 bits per heavy atom. The average molecular weight is 293 g/mol. The lowest BCUT2D eigenvalue weighted by Gasteiger charge is -2.35. The number of likely N-dealkylation sites (N-methyl/N-ethyl adjacent to an activating group) is 1. The maximum atomic E-state index is 12.0. The Balaban J connectivity index is 2.06. The Morgan fingerprint density at radius 2 is 1.95 bits per heavy atom. The fraction of sp³-hybridized carbons (Fsp3) is 0.600. The van der Waals surface area contributed by atoms with Crippen LogP contribution < -0.4 is 0 Å². The highest BCUT2D eigenvalue weighted by Crippen LogP contribution is 2.24. The van der Waals surface area contributed by atoms with Gasteiger partial charge in [-0.25, -0.2) is 0 Å². The standard InChI is InChI=1S/C15H23N3O3/c1-17-7-9-18(10-8-17)11-13(15(20)21-2)14(19)12-3-5-16-6-4-12/h3-6,13-14,19H,7-11H2,1-2H3/t13-,14-/m1/s1. The van der Waals surface area contributed by atoms with Gasteiger partial charge in [0.25, 0.3) is 0 Å². The fourth-order valence-corrected chi connectivity index (χ4v) is 2.56. The second-order valence-corrected chi connectivity index (χ2v) is 5.46. The van der Waals surface area contributed by atoms with Crippen LogP contribution in [0.5, 0.6) is 0 Å². The summed E-state index contributed by atoms with van der Waals surface area (Å²) in [5.41, 5.74) is 0.689. The van der Waals surface area contributed by atoms with Gasteiger partial charge in [-0.05, 0) is 24.7 Å². The normalized spacial score (nSPS) is 20.0. The van der Waals surface area contributed by atoms with E-state index in [9.17, 15) is 9.90 Å². The molecule has 0 spiro atoms. The van der Waals surface area contributed by atoms with E-state index in [-0.39, 0.29) is 5.97 Å². The molecule has 116 valence electrons. The number of rotatable bonds is 5. The monoisotopic (exact) mass is 293 g/mol. The summed E-state index contributed by atoms with van der Waals surface area (Å²) in [7, 11) is 3.44. The number of pyridine rings is 1. The first-order chi connectivity index (χ1) is 10.1. The number of hydrogen-bond donors (Lipinski definition) is 1. The van der Waals surface area contributed by atoms with Gasteiger partial charge in [0, 0.05) is 45.1 Å². The van der Waals surface area contributed by atoms with E-state index in [1.807, 2.05) is 0 Å². The number of methoxy groups -OCH3 is 1. The van der Waals surface area contributed by atoms with E-state index < -0.39 is 12.0 Å². The van der Waals surface area contributed by atoms with Crippen molar-refractivity contribution in [3.63, 3.8) is 0 Å². The lowest BCUT2D eigenvalue weighted by Crippen LogP contribution is -2.47. The third kappa shape index (κ3) is 4.23. The predicted molar refractivity (Wildman–Crippen MR) is 78.6 cm³/mol. The first-order valence-electron chi connectivity index (χ1n) is 7.18. The van der Waals surface area contributed by atoms with Gasteiger partial charge in [-0.2, -0.15) is 0 Å². The molecule has 6 nitrogen and oxygen atoms in total. The number of ether oxygens (including phenoxy) is 1. The van der Waals surface area contributed by atoms with Gasteiger partial charge in [0.1, 0.15) is 0 Å². The second kappa shape index (κ2) is 7.49. The van der Waals surface area contributed by atoms with Crippen LogP contribution in [0.4, 0.5) is 0 Å². The van der Waals surface area contributed by atoms with Gasteiger partial charge in [0.15, 0.2) is 0 Å². The van der Waals surface area contributed by atoms with Crippen LogP contribution in [0.15, 0.2) is 24.5 Å². The van der Waals surface area contributed by atoms with Crippen molar-refractivity contribution in [1.82, 2.24) is 14.8 Å². The number of hydrogen-bond acceptors (Lipinski definition) is 6. The first-order valence-corrected chi connectivity index (χ1v) is 7.18. The number of aromatic nitrogens is 1. The van der Waals surface area contributed by atoms with E-state index >= 15 is 0 Å². The number of nitrogens with zero attached hydrogens (tertiary/aromatic N) is 3. The molecule has 0 bridgehead atoms. The summed E-state index contributed by atoms with van der Waals surface area (Å²) in [6.07, 6.45) is 2.35. The molecule has 1 aromatic heterocycles. The SMILES string of the molecule is COC(=O)[C@H](CN1CCN(C)CC1)[C@H](O)c1ccncc1. The summed E-state index contributed by atoms with van der Waals surface area (Å²) in [6, 6.07) is 3.45. The van der Waals surface area contributed by atoms with Crippen molar-refractivity contribution < 1.29 is 14.6 Å². The molecule has 2 rings (SSSR count). The smallest absolute Gasteiger partial charge is 0.312 e. The number of esters is 1. The number of aliphatic hydroxyl groups is 1. The molecule has 0 amide bonds. The molecule has 0 saturated carbocycles. The molecule has 1 aliphatic rings. The van der Waals surface area contributed by atoms with Crippen LogP contribution in [0.2, 0.25) is 0 Å². The molecule has 0 aromatic carbocycles. The van der Waals surface area contributed by atoms with Gasteiger partial charge in [-0.15, -0.1) is 0 Å². The highest BCUT2D eigenvalue weighted by molar-refractivity contribution is 5.73. The summed E-state index contributed by atoms with van der Waals surface area (Å²) < 4.78 is 4.87. The molecule has 2 heterocycles. The van der Waals surface area contributed by atoms with Crippen molar-refractivity contribution in [3.05, 3.63) is 30.1 Å². The number of carbonyl (C=O) groups excluding carboxylic acids is 1. The predicted octanol–water partition coefficient (Wildman–Crippen LogP) is 0.152. The molecule has 0 radical (unpaired) electrons. The third-order valence-electron chi connectivity index (χ3n) is 3.98. The summed E-state index contributed by atoms with van der Waals surface area (Å²) in [6.45, 7) is 4.24. The van der Waals surface area contributed by atoms with Crippen LogP contribution in [-0.4, -0.2) is 72.7 Å². The summed E-state index contributed by atoms with van der Waals surface area (Å²) >= 11 is 0. The molecule has 1 N–H and O–H groups in total. The van der Waals surface area contributed by atoms with Crippen LogP contribution in [0.1, 0.15) is 11.7 Å². The van der Waals surface area contributed by atoms with Crippen molar-refractivity contribution >= 4 is 5.97 Å². The maximum Gasteiger partial charge on any atom is 0.312 e. The van der Waals surface area contributed by atoms with Gasteiger partial charge < -0.3 is 14.7 Å². The lowest BCUT2D eigenvalue weighted by atomic mass is 9.95. The van der Waals surface area contributed by atoms with Crippen LogP contribution in [-0.2, 0) is 9.53 Å². The Bertz CT molecular complexity index is 447. The minimum absolute atomic E-state index is 0.377. The number of piperazine rings is 1. The average Bonchev–Trinajstić information content (AvgIpc) is 2.54. The molecule has 1 aromatic rings. The van der Waals surface area contributed by atoms with Crippen molar-refractivity contribution in [2.75, 3.05) is 46.9 Å².